The van der Waals surface area contributed by atoms with E-state index >= 15 is 0 Å². The van der Waals surface area contributed by atoms with Crippen molar-refractivity contribution < 1.29 is 24.0 Å². The molecule has 2 amide bonds. The highest BCUT2D eigenvalue weighted by molar-refractivity contribution is 5.93. The van der Waals surface area contributed by atoms with Crippen molar-refractivity contribution in [2.24, 2.45) is 5.92 Å². The third-order valence-electron chi connectivity index (χ3n) is 4.95. The van der Waals surface area contributed by atoms with Gasteiger partial charge in [-0.15, -0.1) is 0 Å². The third kappa shape index (κ3) is 4.99. The Balaban J connectivity index is 1.49. The summed E-state index contributed by atoms with van der Waals surface area (Å²) in [4.78, 5) is 48.4. The molecular weight excluding hydrogens is 390 g/mol. The standard InChI is InChI=1S/C21H21N3O6/c1-14(15-5-3-2-4-6-15)23-12-16(11-20(23)26)21(27)30-13-19(25)22-17-7-9-18(10-8-17)24(28)29/h2-10,14,16H,11-13H2,1H3,(H,22,25)/t14-,16+/m1/s1. The maximum atomic E-state index is 12.3. The molecule has 2 aromatic carbocycles. The number of non-ortho nitro benzene ring substituents is 1. The lowest BCUT2D eigenvalue weighted by atomic mass is 10.1. The van der Waals surface area contributed by atoms with Crippen molar-refractivity contribution in [3.63, 3.8) is 0 Å². The maximum absolute atomic E-state index is 12.3. The summed E-state index contributed by atoms with van der Waals surface area (Å²) in [5.41, 5.74) is 1.22. The molecule has 0 spiro atoms. The van der Waals surface area contributed by atoms with E-state index in [4.69, 9.17) is 4.74 Å². The van der Waals surface area contributed by atoms with E-state index in [2.05, 4.69) is 5.32 Å². The van der Waals surface area contributed by atoms with E-state index in [0.717, 1.165) is 5.56 Å². The number of hydrogen-bond donors (Lipinski definition) is 1. The van der Waals surface area contributed by atoms with Crippen LogP contribution in [0.1, 0.15) is 24.9 Å². The van der Waals surface area contributed by atoms with Gasteiger partial charge in [0, 0.05) is 30.8 Å². The number of nitrogens with zero attached hydrogens (tertiary/aromatic N) is 2. The molecule has 1 aliphatic rings. The molecular formula is C21H21N3O6. The predicted octanol–water partition coefficient (Wildman–Crippen LogP) is 2.69. The second kappa shape index (κ2) is 9.17. The summed E-state index contributed by atoms with van der Waals surface area (Å²) in [7, 11) is 0. The summed E-state index contributed by atoms with van der Waals surface area (Å²) in [6, 6.07) is 14.6. The van der Waals surface area contributed by atoms with E-state index in [1.165, 1.54) is 24.3 Å². The summed E-state index contributed by atoms with van der Waals surface area (Å²) in [5, 5.41) is 13.1. The van der Waals surface area contributed by atoms with Gasteiger partial charge in [-0.2, -0.15) is 0 Å². The van der Waals surface area contributed by atoms with Gasteiger partial charge in [0.25, 0.3) is 11.6 Å². The number of anilines is 1. The van der Waals surface area contributed by atoms with Gasteiger partial charge in [-0.1, -0.05) is 30.3 Å². The number of nitro benzene ring substituents is 1. The summed E-state index contributed by atoms with van der Waals surface area (Å²) in [6.07, 6.45) is 0.0416. The van der Waals surface area contributed by atoms with Crippen molar-refractivity contribution in [2.75, 3.05) is 18.5 Å². The second-order valence-corrected chi connectivity index (χ2v) is 6.99. The smallest absolute Gasteiger partial charge is 0.311 e. The van der Waals surface area contributed by atoms with Crippen molar-refractivity contribution in [3.8, 4) is 0 Å². The summed E-state index contributed by atoms with van der Waals surface area (Å²) in [5.74, 6) is -1.94. The number of ether oxygens (including phenoxy) is 1. The lowest BCUT2D eigenvalue weighted by Crippen LogP contribution is -2.30. The van der Waals surface area contributed by atoms with E-state index in [9.17, 15) is 24.5 Å². The minimum absolute atomic E-state index is 0.0416. The summed E-state index contributed by atoms with van der Waals surface area (Å²) in [6.45, 7) is 1.63. The van der Waals surface area contributed by atoms with Crippen molar-refractivity contribution in [1.29, 1.82) is 0 Å². The Morgan fingerprint density at radius 3 is 2.50 bits per heavy atom. The number of esters is 1. The van der Waals surface area contributed by atoms with Crippen LogP contribution in [0.3, 0.4) is 0 Å². The normalized spacial score (nSPS) is 16.8. The van der Waals surface area contributed by atoms with Crippen LogP contribution in [0.4, 0.5) is 11.4 Å². The quantitative estimate of drug-likeness (QED) is 0.425. The zero-order chi connectivity index (χ0) is 21.7. The molecule has 2 aromatic rings. The highest BCUT2D eigenvalue weighted by Gasteiger charge is 2.38. The van der Waals surface area contributed by atoms with E-state index < -0.39 is 29.3 Å². The molecule has 1 aliphatic heterocycles. The lowest BCUT2D eigenvalue weighted by Gasteiger charge is -2.25. The van der Waals surface area contributed by atoms with Crippen molar-refractivity contribution in [3.05, 3.63) is 70.3 Å². The van der Waals surface area contributed by atoms with Crippen LogP contribution >= 0.6 is 0 Å². The number of likely N-dealkylation sites (tertiary alicyclic amines) is 1. The number of rotatable bonds is 7. The van der Waals surface area contributed by atoms with E-state index in [1.807, 2.05) is 37.3 Å². The minimum Gasteiger partial charge on any atom is -0.455 e. The second-order valence-electron chi connectivity index (χ2n) is 6.99. The lowest BCUT2D eigenvalue weighted by molar-refractivity contribution is -0.384. The van der Waals surface area contributed by atoms with Gasteiger partial charge in [-0.3, -0.25) is 24.5 Å². The van der Waals surface area contributed by atoms with Crippen molar-refractivity contribution in [1.82, 2.24) is 4.90 Å². The van der Waals surface area contributed by atoms with Crippen LogP contribution < -0.4 is 5.32 Å². The predicted molar refractivity (Wildman–Crippen MR) is 107 cm³/mol. The molecule has 30 heavy (non-hydrogen) atoms. The molecule has 2 atom stereocenters. The van der Waals surface area contributed by atoms with Gasteiger partial charge >= 0.3 is 5.97 Å². The number of benzene rings is 2. The molecule has 1 N–H and O–H groups in total. The fourth-order valence-corrected chi connectivity index (χ4v) is 3.29. The van der Waals surface area contributed by atoms with E-state index in [1.54, 1.807) is 4.90 Å². The first kappa shape index (κ1) is 21.0. The number of carbonyl (C=O) groups excluding carboxylic acids is 3. The molecule has 0 bridgehead atoms. The zero-order valence-corrected chi connectivity index (χ0v) is 16.3. The Hall–Kier alpha value is -3.75. The Morgan fingerprint density at radius 2 is 1.87 bits per heavy atom. The SMILES string of the molecule is C[C@H](c1ccccc1)N1C[C@@H](C(=O)OCC(=O)Nc2ccc([N+](=O)[O-])cc2)CC1=O. The van der Waals surface area contributed by atoms with Crippen LogP contribution in [-0.2, 0) is 19.1 Å². The zero-order valence-electron chi connectivity index (χ0n) is 16.3. The maximum Gasteiger partial charge on any atom is 0.311 e. The first-order valence-corrected chi connectivity index (χ1v) is 9.40. The van der Waals surface area contributed by atoms with Crippen LogP contribution in [0, 0.1) is 16.0 Å². The van der Waals surface area contributed by atoms with Crippen LogP contribution in [0.25, 0.3) is 0 Å². The average Bonchev–Trinajstić information content (AvgIpc) is 3.14. The summed E-state index contributed by atoms with van der Waals surface area (Å²) < 4.78 is 5.07. The summed E-state index contributed by atoms with van der Waals surface area (Å²) >= 11 is 0. The van der Waals surface area contributed by atoms with E-state index in [-0.39, 0.29) is 30.6 Å². The molecule has 9 nitrogen and oxygen atoms in total. The van der Waals surface area contributed by atoms with Gasteiger partial charge in [0.1, 0.15) is 0 Å². The number of carbonyl (C=O) groups is 3. The molecule has 0 saturated carbocycles. The fraction of sp³-hybridized carbons (Fsp3) is 0.286. The number of nitro groups is 1. The molecule has 9 heteroatoms. The first-order valence-electron chi connectivity index (χ1n) is 9.40. The average molecular weight is 411 g/mol. The monoisotopic (exact) mass is 411 g/mol. The molecule has 0 unspecified atom stereocenters. The molecule has 3 rings (SSSR count). The third-order valence-corrected chi connectivity index (χ3v) is 4.95. The Kier molecular flexibility index (Phi) is 6.41. The van der Waals surface area contributed by atoms with Gasteiger partial charge in [0.05, 0.1) is 16.9 Å². The Labute approximate surface area is 172 Å². The fourth-order valence-electron chi connectivity index (χ4n) is 3.29. The molecule has 0 radical (unpaired) electrons. The van der Waals surface area contributed by atoms with Gasteiger partial charge in [-0.05, 0) is 24.6 Å². The Morgan fingerprint density at radius 1 is 1.20 bits per heavy atom. The number of hydrogen-bond acceptors (Lipinski definition) is 6. The van der Waals surface area contributed by atoms with Gasteiger partial charge in [0.15, 0.2) is 6.61 Å². The van der Waals surface area contributed by atoms with Gasteiger partial charge in [-0.25, -0.2) is 0 Å². The molecule has 0 aromatic heterocycles. The molecule has 0 aliphatic carbocycles. The minimum atomic E-state index is -0.629. The molecule has 1 saturated heterocycles. The number of nitrogens with one attached hydrogen (secondary N) is 1. The number of amides is 2. The van der Waals surface area contributed by atoms with Gasteiger partial charge < -0.3 is 15.0 Å². The van der Waals surface area contributed by atoms with Crippen molar-refractivity contribution >= 4 is 29.2 Å². The first-order chi connectivity index (χ1) is 14.3. The molecule has 1 fully saturated rings. The topological polar surface area (TPSA) is 119 Å². The Bertz CT molecular complexity index is 945. The van der Waals surface area contributed by atoms with Gasteiger partial charge in [0.2, 0.25) is 5.91 Å². The van der Waals surface area contributed by atoms with Crippen LogP contribution in [0.15, 0.2) is 54.6 Å². The van der Waals surface area contributed by atoms with Crippen LogP contribution in [-0.4, -0.2) is 40.8 Å². The highest BCUT2D eigenvalue weighted by Crippen LogP contribution is 2.29. The van der Waals surface area contributed by atoms with E-state index in [0.29, 0.717) is 5.69 Å². The molecule has 156 valence electrons. The van der Waals surface area contributed by atoms with Crippen LogP contribution in [0.5, 0.6) is 0 Å². The molecule has 1 heterocycles. The largest absolute Gasteiger partial charge is 0.455 e. The van der Waals surface area contributed by atoms with Crippen molar-refractivity contribution in [2.45, 2.75) is 19.4 Å². The van der Waals surface area contributed by atoms with Crippen LogP contribution in [0.2, 0.25) is 0 Å². The highest BCUT2D eigenvalue weighted by atomic mass is 16.6.